The summed E-state index contributed by atoms with van der Waals surface area (Å²) in [5.41, 5.74) is 1.33. The normalized spacial score (nSPS) is 11.4. The number of aliphatic imine (C=N–C) groups is 1. The lowest BCUT2D eigenvalue weighted by atomic mass is 10.1. The first-order valence-electron chi connectivity index (χ1n) is 7.25. The molecule has 2 aromatic rings. The van der Waals surface area contributed by atoms with E-state index in [-0.39, 0.29) is 0 Å². The molecule has 4 nitrogen and oxygen atoms in total. The van der Waals surface area contributed by atoms with Gasteiger partial charge in [-0.1, -0.05) is 30.3 Å². The van der Waals surface area contributed by atoms with E-state index < -0.39 is 0 Å². The molecule has 112 valence electrons. The van der Waals surface area contributed by atoms with Gasteiger partial charge in [-0.3, -0.25) is 0 Å². The van der Waals surface area contributed by atoms with Crippen LogP contribution < -0.4 is 10.6 Å². The molecule has 1 heterocycles. The van der Waals surface area contributed by atoms with Crippen LogP contribution in [-0.4, -0.2) is 24.0 Å². The minimum absolute atomic E-state index is 0.673. The molecule has 1 aromatic carbocycles. The lowest BCUT2D eigenvalue weighted by Gasteiger charge is -2.11. The Labute approximate surface area is 130 Å². The third-order valence-corrected chi connectivity index (χ3v) is 3.85. The fourth-order valence-corrected chi connectivity index (χ4v) is 2.67. The van der Waals surface area contributed by atoms with E-state index in [0.29, 0.717) is 6.54 Å². The minimum Gasteiger partial charge on any atom is -0.357 e. The van der Waals surface area contributed by atoms with Gasteiger partial charge in [0, 0.05) is 24.2 Å². The Balaban J connectivity index is 1.83. The lowest BCUT2D eigenvalue weighted by Crippen LogP contribution is -2.38. The number of aryl methyl sites for hydroxylation is 1. The molecule has 0 aliphatic heterocycles. The van der Waals surface area contributed by atoms with Gasteiger partial charge >= 0.3 is 0 Å². The van der Waals surface area contributed by atoms with Crippen molar-refractivity contribution in [3.05, 3.63) is 52.0 Å². The standard InChI is InChI=1S/C16H22N4S/c1-3-17-16(20-12-15-11-19-13(2)21-15)18-10-9-14-7-5-4-6-8-14/h4-8,11H,3,9-10,12H2,1-2H3,(H2,17,18,20). The molecule has 5 heteroatoms. The van der Waals surface area contributed by atoms with Gasteiger partial charge < -0.3 is 10.6 Å². The molecule has 0 aliphatic rings. The second-order valence-electron chi connectivity index (χ2n) is 4.70. The Morgan fingerprint density at radius 1 is 1.24 bits per heavy atom. The molecular weight excluding hydrogens is 280 g/mol. The first kappa shape index (κ1) is 15.5. The van der Waals surface area contributed by atoms with E-state index in [9.17, 15) is 0 Å². The number of hydrogen-bond acceptors (Lipinski definition) is 3. The molecule has 0 saturated carbocycles. The van der Waals surface area contributed by atoms with Crippen LogP contribution >= 0.6 is 11.3 Å². The smallest absolute Gasteiger partial charge is 0.191 e. The summed E-state index contributed by atoms with van der Waals surface area (Å²) in [6, 6.07) is 10.5. The average molecular weight is 302 g/mol. The van der Waals surface area contributed by atoms with Crippen molar-refractivity contribution in [3.63, 3.8) is 0 Å². The minimum atomic E-state index is 0.673. The predicted octanol–water partition coefficient (Wildman–Crippen LogP) is 2.75. The van der Waals surface area contributed by atoms with E-state index >= 15 is 0 Å². The Kier molecular flexibility index (Phi) is 6.22. The van der Waals surface area contributed by atoms with E-state index in [1.54, 1.807) is 11.3 Å². The largest absolute Gasteiger partial charge is 0.357 e. The van der Waals surface area contributed by atoms with Crippen LogP contribution in [-0.2, 0) is 13.0 Å². The lowest BCUT2D eigenvalue weighted by molar-refractivity contribution is 0.800. The zero-order chi connectivity index (χ0) is 14.9. The Hall–Kier alpha value is -1.88. The van der Waals surface area contributed by atoms with Crippen LogP contribution in [0, 0.1) is 6.92 Å². The molecule has 0 atom stereocenters. The molecule has 0 unspecified atom stereocenters. The summed E-state index contributed by atoms with van der Waals surface area (Å²) in [5.74, 6) is 0.861. The van der Waals surface area contributed by atoms with E-state index in [0.717, 1.165) is 30.5 Å². The predicted molar refractivity (Wildman–Crippen MR) is 89.8 cm³/mol. The van der Waals surface area contributed by atoms with E-state index in [2.05, 4.69) is 51.8 Å². The van der Waals surface area contributed by atoms with Crippen LogP contribution in [0.1, 0.15) is 22.4 Å². The van der Waals surface area contributed by atoms with E-state index in [1.165, 1.54) is 10.4 Å². The van der Waals surface area contributed by atoms with E-state index in [1.807, 2.05) is 19.2 Å². The highest BCUT2D eigenvalue weighted by molar-refractivity contribution is 7.11. The third-order valence-electron chi connectivity index (χ3n) is 2.96. The van der Waals surface area contributed by atoms with Gasteiger partial charge in [-0.05, 0) is 25.8 Å². The Bertz CT molecular complexity index is 563. The molecule has 0 bridgehead atoms. The summed E-state index contributed by atoms with van der Waals surface area (Å²) in [6.07, 6.45) is 2.89. The first-order valence-corrected chi connectivity index (χ1v) is 8.07. The fourth-order valence-electron chi connectivity index (χ4n) is 1.95. The van der Waals surface area contributed by atoms with Crippen molar-refractivity contribution >= 4 is 17.3 Å². The summed E-state index contributed by atoms with van der Waals surface area (Å²) in [6.45, 7) is 6.50. The first-order chi connectivity index (χ1) is 10.3. The summed E-state index contributed by atoms with van der Waals surface area (Å²) in [7, 11) is 0. The molecular formula is C16H22N4S. The molecule has 0 radical (unpaired) electrons. The zero-order valence-electron chi connectivity index (χ0n) is 12.6. The SMILES string of the molecule is CCNC(=NCc1cnc(C)s1)NCCc1ccccc1. The number of thiazole rings is 1. The second-order valence-corrected chi connectivity index (χ2v) is 6.02. The molecule has 0 amide bonds. The quantitative estimate of drug-likeness (QED) is 0.637. The van der Waals surface area contributed by atoms with Crippen molar-refractivity contribution in [2.45, 2.75) is 26.8 Å². The number of rotatable bonds is 6. The second kappa shape index (κ2) is 8.42. The van der Waals surface area contributed by atoms with Crippen LogP contribution in [0.5, 0.6) is 0 Å². The molecule has 0 aliphatic carbocycles. The van der Waals surface area contributed by atoms with Gasteiger partial charge in [-0.25, -0.2) is 9.98 Å². The van der Waals surface area contributed by atoms with Gasteiger partial charge in [0.2, 0.25) is 0 Å². The molecule has 2 N–H and O–H groups in total. The maximum absolute atomic E-state index is 4.59. The molecule has 2 rings (SSSR count). The number of nitrogens with one attached hydrogen (secondary N) is 2. The Morgan fingerprint density at radius 2 is 2.05 bits per heavy atom. The van der Waals surface area contributed by atoms with Crippen molar-refractivity contribution in [3.8, 4) is 0 Å². The van der Waals surface area contributed by atoms with E-state index in [4.69, 9.17) is 0 Å². The monoisotopic (exact) mass is 302 g/mol. The van der Waals surface area contributed by atoms with Crippen LogP contribution in [0.4, 0.5) is 0 Å². The van der Waals surface area contributed by atoms with Crippen LogP contribution in [0.3, 0.4) is 0 Å². The highest BCUT2D eigenvalue weighted by atomic mass is 32.1. The molecule has 1 aromatic heterocycles. The van der Waals surface area contributed by atoms with Gasteiger partial charge in [0.1, 0.15) is 0 Å². The van der Waals surface area contributed by atoms with Crippen LogP contribution in [0.2, 0.25) is 0 Å². The molecule has 0 fully saturated rings. The molecule has 0 spiro atoms. The summed E-state index contributed by atoms with van der Waals surface area (Å²) in [4.78, 5) is 10.0. The third kappa shape index (κ3) is 5.55. The van der Waals surface area contributed by atoms with Crippen molar-refractivity contribution in [2.24, 2.45) is 4.99 Å². The van der Waals surface area contributed by atoms with Crippen molar-refractivity contribution < 1.29 is 0 Å². The number of aromatic nitrogens is 1. The number of benzene rings is 1. The highest BCUT2D eigenvalue weighted by Crippen LogP contribution is 2.12. The van der Waals surface area contributed by atoms with Crippen LogP contribution in [0.25, 0.3) is 0 Å². The molecule has 0 saturated heterocycles. The van der Waals surface area contributed by atoms with Gasteiger partial charge in [-0.2, -0.15) is 0 Å². The Morgan fingerprint density at radius 3 is 2.71 bits per heavy atom. The average Bonchev–Trinajstić information content (AvgIpc) is 2.91. The maximum Gasteiger partial charge on any atom is 0.191 e. The zero-order valence-corrected chi connectivity index (χ0v) is 13.4. The van der Waals surface area contributed by atoms with Crippen molar-refractivity contribution in [2.75, 3.05) is 13.1 Å². The molecule has 21 heavy (non-hydrogen) atoms. The summed E-state index contributed by atoms with van der Waals surface area (Å²) in [5, 5.41) is 7.72. The van der Waals surface area contributed by atoms with Gasteiger partial charge in [0.05, 0.1) is 11.6 Å². The number of guanidine groups is 1. The number of nitrogens with zero attached hydrogens (tertiary/aromatic N) is 2. The maximum atomic E-state index is 4.59. The van der Waals surface area contributed by atoms with Crippen molar-refractivity contribution in [1.29, 1.82) is 0 Å². The number of hydrogen-bond donors (Lipinski definition) is 2. The van der Waals surface area contributed by atoms with Crippen LogP contribution in [0.15, 0.2) is 41.5 Å². The van der Waals surface area contributed by atoms with Crippen molar-refractivity contribution in [1.82, 2.24) is 15.6 Å². The topological polar surface area (TPSA) is 49.3 Å². The summed E-state index contributed by atoms with van der Waals surface area (Å²) >= 11 is 1.69. The van der Waals surface area contributed by atoms with Gasteiger partial charge in [-0.15, -0.1) is 11.3 Å². The van der Waals surface area contributed by atoms with Gasteiger partial charge in [0.15, 0.2) is 5.96 Å². The summed E-state index contributed by atoms with van der Waals surface area (Å²) < 4.78 is 0. The highest BCUT2D eigenvalue weighted by Gasteiger charge is 2.00. The fraction of sp³-hybridized carbons (Fsp3) is 0.375. The van der Waals surface area contributed by atoms with Gasteiger partial charge in [0.25, 0.3) is 0 Å².